The van der Waals surface area contributed by atoms with E-state index in [1.54, 1.807) is 42.5 Å². The number of benzene rings is 1. The van der Waals surface area contributed by atoms with Crippen LogP contribution in [0.1, 0.15) is 5.56 Å². The molecule has 2 aromatic rings. The van der Waals surface area contributed by atoms with E-state index in [0.717, 1.165) is 0 Å². The topological polar surface area (TPSA) is 59.4 Å². The van der Waals surface area contributed by atoms with Crippen molar-refractivity contribution in [3.05, 3.63) is 60.4 Å². The third-order valence-electron chi connectivity index (χ3n) is 2.38. The van der Waals surface area contributed by atoms with E-state index in [4.69, 9.17) is 0 Å². The van der Waals surface area contributed by atoms with Crippen molar-refractivity contribution < 1.29 is 13.2 Å². The molecular formula is C12H12N2O3S. The molecule has 0 N–H and O–H groups in total. The van der Waals surface area contributed by atoms with Crippen molar-refractivity contribution in [1.29, 1.82) is 0 Å². The van der Waals surface area contributed by atoms with Crippen LogP contribution in [-0.4, -0.2) is 19.5 Å². The van der Waals surface area contributed by atoms with Gasteiger partial charge in [-0.3, -0.25) is 9.47 Å². The second-order valence-electron chi connectivity index (χ2n) is 3.68. The van der Waals surface area contributed by atoms with Crippen LogP contribution in [0.4, 0.5) is 0 Å². The summed E-state index contributed by atoms with van der Waals surface area (Å²) in [6, 6.07) is 12.0. The molecule has 1 heterocycles. The summed E-state index contributed by atoms with van der Waals surface area (Å²) in [4.78, 5) is 11.0. The highest BCUT2D eigenvalue weighted by atomic mass is 32.2. The number of nitrogens with zero attached hydrogens (tertiary/aromatic N) is 2. The Balaban J connectivity index is 2.28. The van der Waals surface area contributed by atoms with Gasteiger partial charge in [-0.2, -0.15) is 0 Å². The minimum Gasteiger partial charge on any atom is -0.276 e. The number of carbonyl (C=O) groups excluding carboxylic acids is 1. The van der Waals surface area contributed by atoms with Crippen LogP contribution < -0.4 is 4.41 Å². The lowest BCUT2D eigenvalue weighted by Gasteiger charge is -2.18. The molecule has 0 radical (unpaired) electrons. The van der Waals surface area contributed by atoms with Gasteiger partial charge >= 0.3 is 0 Å². The standard InChI is InChI=1S/C12H12N2O3S/c15-11-14(13-8-4-5-9-13)18(16,17)10-12-6-2-1-3-7-12/h1-9,11H,10H2. The molecule has 0 saturated carbocycles. The van der Waals surface area contributed by atoms with Crippen LogP contribution in [0.15, 0.2) is 54.9 Å². The van der Waals surface area contributed by atoms with Gasteiger partial charge in [-0.1, -0.05) is 30.3 Å². The van der Waals surface area contributed by atoms with E-state index >= 15 is 0 Å². The molecule has 1 aromatic carbocycles. The Kier molecular flexibility index (Phi) is 3.47. The molecule has 0 atom stereocenters. The fourth-order valence-corrected chi connectivity index (χ4v) is 2.84. The van der Waals surface area contributed by atoms with Crippen LogP contribution in [0, 0.1) is 0 Å². The Labute approximate surface area is 105 Å². The molecule has 0 unspecified atom stereocenters. The second kappa shape index (κ2) is 5.05. The highest BCUT2D eigenvalue weighted by Gasteiger charge is 2.21. The first-order chi connectivity index (χ1) is 8.63. The molecular weight excluding hydrogens is 252 g/mol. The van der Waals surface area contributed by atoms with Crippen molar-refractivity contribution in [3.8, 4) is 0 Å². The maximum atomic E-state index is 12.1. The van der Waals surface area contributed by atoms with Crippen molar-refractivity contribution >= 4 is 16.4 Å². The lowest BCUT2D eigenvalue weighted by Crippen LogP contribution is -2.39. The molecule has 2 rings (SSSR count). The Morgan fingerprint density at radius 1 is 1.06 bits per heavy atom. The molecule has 0 spiro atoms. The maximum absolute atomic E-state index is 12.1. The van der Waals surface area contributed by atoms with Crippen LogP contribution in [0.3, 0.4) is 0 Å². The Morgan fingerprint density at radius 2 is 1.67 bits per heavy atom. The smallest absolute Gasteiger partial charge is 0.259 e. The van der Waals surface area contributed by atoms with Crippen molar-refractivity contribution in [1.82, 2.24) is 4.68 Å². The summed E-state index contributed by atoms with van der Waals surface area (Å²) in [6.45, 7) is 0. The lowest BCUT2D eigenvalue weighted by atomic mass is 10.2. The first-order valence-corrected chi connectivity index (χ1v) is 6.89. The number of hydrogen-bond donors (Lipinski definition) is 0. The predicted molar refractivity (Wildman–Crippen MR) is 67.8 cm³/mol. The monoisotopic (exact) mass is 264 g/mol. The number of sulfonamides is 1. The lowest BCUT2D eigenvalue weighted by molar-refractivity contribution is -0.107. The summed E-state index contributed by atoms with van der Waals surface area (Å²) in [5.74, 6) is -0.218. The number of amides is 1. The van der Waals surface area contributed by atoms with E-state index in [1.165, 1.54) is 17.1 Å². The molecule has 5 nitrogen and oxygen atoms in total. The summed E-state index contributed by atoms with van der Waals surface area (Å²) >= 11 is 0. The maximum Gasteiger partial charge on any atom is 0.259 e. The zero-order valence-corrected chi connectivity index (χ0v) is 10.3. The zero-order valence-electron chi connectivity index (χ0n) is 9.51. The average molecular weight is 264 g/mol. The summed E-state index contributed by atoms with van der Waals surface area (Å²) in [7, 11) is -3.72. The minimum atomic E-state index is -3.72. The highest BCUT2D eigenvalue weighted by molar-refractivity contribution is 7.92. The summed E-state index contributed by atoms with van der Waals surface area (Å²) in [6.07, 6.45) is 3.28. The zero-order chi connectivity index (χ0) is 13.0. The second-order valence-corrected chi connectivity index (χ2v) is 5.51. The van der Waals surface area contributed by atoms with Gasteiger partial charge < -0.3 is 0 Å². The van der Waals surface area contributed by atoms with Gasteiger partial charge in [0.15, 0.2) is 0 Å². The fourth-order valence-electron chi connectivity index (χ4n) is 1.57. The van der Waals surface area contributed by atoms with Gasteiger partial charge in [-0.15, -0.1) is 4.41 Å². The highest BCUT2D eigenvalue weighted by Crippen LogP contribution is 2.09. The van der Waals surface area contributed by atoms with E-state index in [2.05, 4.69) is 0 Å². The van der Waals surface area contributed by atoms with Crippen molar-refractivity contribution in [2.45, 2.75) is 5.75 Å². The predicted octanol–water partition coefficient (Wildman–Crippen LogP) is 1.11. The molecule has 94 valence electrons. The van der Waals surface area contributed by atoms with E-state index in [1.807, 2.05) is 0 Å². The van der Waals surface area contributed by atoms with Gasteiger partial charge in [0.2, 0.25) is 6.41 Å². The number of carbonyl (C=O) groups is 1. The fraction of sp³-hybridized carbons (Fsp3) is 0.0833. The minimum absolute atomic E-state index is 0.218. The van der Waals surface area contributed by atoms with E-state index in [9.17, 15) is 13.2 Å². The van der Waals surface area contributed by atoms with E-state index in [-0.39, 0.29) is 12.2 Å². The van der Waals surface area contributed by atoms with Gasteiger partial charge in [0.1, 0.15) is 0 Å². The third kappa shape index (κ3) is 2.60. The molecule has 0 aliphatic heterocycles. The van der Waals surface area contributed by atoms with Crippen LogP contribution in [0.2, 0.25) is 0 Å². The summed E-state index contributed by atoms with van der Waals surface area (Å²) in [5.41, 5.74) is 0.636. The largest absolute Gasteiger partial charge is 0.276 e. The Bertz CT molecular complexity index is 606. The number of rotatable bonds is 5. The van der Waals surface area contributed by atoms with E-state index < -0.39 is 10.0 Å². The molecule has 1 amide bonds. The van der Waals surface area contributed by atoms with Gasteiger partial charge in [-0.25, -0.2) is 8.42 Å². The van der Waals surface area contributed by atoms with Crippen molar-refractivity contribution in [2.75, 3.05) is 4.41 Å². The Morgan fingerprint density at radius 3 is 2.22 bits per heavy atom. The van der Waals surface area contributed by atoms with Crippen molar-refractivity contribution in [2.24, 2.45) is 0 Å². The molecule has 0 saturated heterocycles. The van der Waals surface area contributed by atoms with Crippen LogP contribution >= 0.6 is 0 Å². The van der Waals surface area contributed by atoms with Gasteiger partial charge in [0.25, 0.3) is 10.0 Å². The SMILES string of the molecule is O=CN(n1cccc1)S(=O)(=O)Cc1ccccc1. The average Bonchev–Trinajstić information content (AvgIpc) is 2.83. The number of hydrogen-bond acceptors (Lipinski definition) is 3. The van der Waals surface area contributed by atoms with Crippen LogP contribution in [0.25, 0.3) is 0 Å². The number of aromatic nitrogens is 1. The molecule has 18 heavy (non-hydrogen) atoms. The van der Waals surface area contributed by atoms with Crippen LogP contribution in [-0.2, 0) is 20.6 Å². The van der Waals surface area contributed by atoms with Gasteiger partial charge in [-0.05, 0) is 17.7 Å². The quantitative estimate of drug-likeness (QED) is 0.760. The Hall–Kier alpha value is -2.08. The first kappa shape index (κ1) is 12.4. The molecule has 1 aromatic heterocycles. The first-order valence-electron chi connectivity index (χ1n) is 5.28. The summed E-state index contributed by atoms with van der Waals surface area (Å²) < 4.78 is 26.1. The van der Waals surface area contributed by atoms with E-state index in [0.29, 0.717) is 9.98 Å². The molecule has 0 fully saturated rings. The molecule has 6 heteroatoms. The van der Waals surface area contributed by atoms with Crippen LogP contribution in [0.5, 0.6) is 0 Å². The van der Waals surface area contributed by atoms with Gasteiger partial charge in [0.05, 0.1) is 5.75 Å². The molecule has 0 aliphatic rings. The van der Waals surface area contributed by atoms with Crippen molar-refractivity contribution in [3.63, 3.8) is 0 Å². The normalized spacial score (nSPS) is 11.1. The molecule has 0 aliphatic carbocycles. The summed E-state index contributed by atoms with van der Waals surface area (Å²) in [5, 5.41) is 0. The third-order valence-corrected chi connectivity index (χ3v) is 3.93. The molecule has 0 bridgehead atoms. The van der Waals surface area contributed by atoms with Gasteiger partial charge in [0, 0.05) is 12.4 Å².